The van der Waals surface area contributed by atoms with Crippen molar-refractivity contribution in [2.45, 2.75) is 18.5 Å². The van der Waals surface area contributed by atoms with E-state index in [4.69, 9.17) is 11.6 Å². The van der Waals surface area contributed by atoms with Crippen LogP contribution in [-0.4, -0.2) is 29.4 Å². The number of sulfonamides is 1. The number of fused-ring (bicyclic) bond motifs is 1. The summed E-state index contributed by atoms with van der Waals surface area (Å²) in [6, 6.07) is 11.7. The van der Waals surface area contributed by atoms with Crippen LogP contribution in [0, 0.1) is 0 Å². The molecule has 136 valence electrons. The van der Waals surface area contributed by atoms with Gasteiger partial charge in [-0.3, -0.25) is 4.72 Å². The second-order valence-electron chi connectivity index (χ2n) is 6.09. The van der Waals surface area contributed by atoms with Gasteiger partial charge in [-0.2, -0.15) is 4.98 Å². The molecule has 7 nitrogen and oxygen atoms in total. The zero-order valence-corrected chi connectivity index (χ0v) is 16.1. The van der Waals surface area contributed by atoms with Gasteiger partial charge in [0.05, 0.1) is 18.3 Å². The molecule has 0 spiro atoms. The van der Waals surface area contributed by atoms with Crippen LogP contribution in [0.5, 0.6) is 0 Å². The number of hydrogen-bond donors (Lipinski definition) is 2. The van der Waals surface area contributed by atoms with E-state index < -0.39 is 10.0 Å². The molecule has 0 aliphatic carbocycles. The smallest absolute Gasteiger partial charge is 0.257 e. The van der Waals surface area contributed by atoms with Crippen LogP contribution in [0.3, 0.4) is 0 Å². The molecule has 1 aliphatic heterocycles. The molecule has 2 atom stereocenters. The lowest BCUT2D eigenvalue weighted by Gasteiger charge is -2.30. The molecule has 3 aromatic rings. The highest BCUT2D eigenvalue weighted by Crippen LogP contribution is 2.39. The molecule has 2 N–H and O–H groups in total. The monoisotopic (exact) mass is 409 g/mol. The van der Waals surface area contributed by atoms with E-state index in [9.17, 15) is 8.42 Å². The number of thiophene rings is 1. The minimum Gasteiger partial charge on any atom is -0.347 e. The van der Waals surface area contributed by atoms with Crippen molar-refractivity contribution in [3.63, 3.8) is 0 Å². The molecule has 3 heterocycles. The Morgan fingerprint density at radius 1 is 1.31 bits per heavy atom. The first kappa shape index (κ1) is 17.3. The fourth-order valence-corrected chi connectivity index (χ4v) is 4.39. The van der Waals surface area contributed by atoms with Gasteiger partial charge >= 0.3 is 0 Å². The molecule has 1 aliphatic rings. The molecule has 26 heavy (non-hydrogen) atoms. The number of anilines is 2. The van der Waals surface area contributed by atoms with E-state index in [2.05, 4.69) is 26.2 Å². The standard InChI is InChI=1S/C16H16ClN5O2S2/c1-26(23,24)21-15-19-16-18-12(10-4-6-11(17)7-5-10)9-13(22(16)20-15)14-3-2-8-25-14/h2-8,12-13H,9H2,1H3,(H2,18,19,20,21). The SMILES string of the molecule is CS(=O)(=O)Nc1nc2n(n1)C(c1cccs1)CC(c1ccc(Cl)cc1)N2. The normalized spacial score (nSPS) is 19.6. The highest BCUT2D eigenvalue weighted by atomic mass is 35.5. The molecular weight excluding hydrogens is 394 g/mol. The predicted octanol–water partition coefficient (Wildman–Crippen LogP) is 3.51. The van der Waals surface area contributed by atoms with E-state index in [1.54, 1.807) is 16.0 Å². The summed E-state index contributed by atoms with van der Waals surface area (Å²) < 4.78 is 27.1. The first-order valence-corrected chi connectivity index (χ1v) is 11.0. The third kappa shape index (κ3) is 3.55. The fourth-order valence-electron chi connectivity index (χ4n) is 3.02. The summed E-state index contributed by atoms with van der Waals surface area (Å²) >= 11 is 7.64. The van der Waals surface area contributed by atoms with Crippen molar-refractivity contribution < 1.29 is 8.42 Å². The van der Waals surface area contributed by atoms with Crippen molar-refractivity contribution in [3.05, 3.63) is 57.2 Å². The van der Waals surface area contributed by atoms with E-state index in [1.807, 2.05) is 35.7 Å². The van der Waals surface area contributed by atoms with Crippen molar-refractivity contribution >= 4 is 44.9 Å². The predicted molar refractivity (Wildman–Crippen MR) is 103 cm³/mol. The zero-order chi connectivity index (χ0) is 18.3. The van der Waals surface area contributed by atoms with Gasteiger partial charge in [0.1, 0.15) is 0 Å². The van der Waals surface area contributed by atoms with Crippen molar-refractivity contribution in [1.82, 2.24) is 14.8 Å². The van der Waals surface area contributed by atoms with E-state index in [1.165, 1.54) is 0 Å². The lowest BCUT2D eigenvalue weighted by molar-refractivity contribution is 0.437. The first-order valence-electron chi connectivity index (χ1n) is 7.89. The van der Waals surface area contributed by atoms with E-state index in [-0.39, 0.29) is 18.0 Å². The molecule has 0 amide bonds. The Hall–Kier alpha value is -2.10. The number of nitrogens with one attached hydrogen (secondary N) is 2. The molecule has 0 radical (unpaired) electrons. The van der Waals surface area contributed by atoms with Crippen LogP contribution in [0.2, 0.25) is 5.02 Å². The van der Waals surface area contributed by atoms with E-state index >= 15 is 0 Å². The second-order valence-corrected chi connectivity index (χ2v) is 9.26. The summed E-state index contributed by atoms with van der Waals surface area (Å²) in [7, 11) is -3.45. The Morgan fingerprint density at radius 3 is 2.73 bits per heavy atom. The number of hydrogen-bond acceptors (Lipinski definition) is 6. The lowest BCUT2D eigenvalue weighted by atomic mass is 9.97. The van der Waals surface area contributed by atoms with Crippen LogP contribution < -0.4 is 10.0 Å². The van der Waals surface area contributed by atoms with Crippen LogP contribution in [0.25, 0.3) is 0 Å². The Labute approximate surface area is 160 Å². The fraction of sp³-hybridized carbons (Fsp3) is 0.250. The summed E-state index contributed by atoms with van der Waals surface area (Å²) in [5, 5.41) is 10.4. The number of rotatable bonds is 4. The molecule has 2 aromatic heterocycles. The summed E-state index contributed by atoms with van der Waals surface area (Å²) in [6.07, 6.45) is 1.84. The Balaban J connectivity index is 1.73. The molecule has 0 bridgehead atoms. The number of nitrogens with zero attached hydrogens (tertiary/aromatic N) is 3. The quantitative estimate of drug-likeness (QED) is 0.688. The van der Waals surface area contributed by atoms with Crippen molar-refractivity contribution in [2.24, 2.45) is 0 Å². The molecule has 0 saturated carbocycles. The molecule has 1 aromatic carbocycles. The molecule has 0 saturated heterocycles. The number of halogens is 1. The maximum atomic E-state index is 11.5. The van der Waals surface area contributed by atoms with Gasteiger partial charge in [0, 0.05) is 9.90 Å². The largest absolute Gasteiger partial charge is 0.347 e. The summed E-state index contributed by atoms with van der Waals surface area (Å²) in [5.41, 5.74) is 1.09. The van der Waals surface area contributed by atoms with Gasteiger partial charge in [0.25, 0.3) is 5.95 Å². The molecule has 0 fully saturated rings. The van der Waals surface area contributed by atoms with Gasteiger partial charge in [-0.15, -0.1) is 16.4 Å². The highest BCUT2D eigenvalue weighted by Gasteiger charge is 2.32. The topological polar surface area (TPSA) is 88.9 Å². The van der Waals surface area contributed by atoms with Crippen LogP contribution in [0.15, 0.2) is 41.8 Å². The van der Waals surface area contributed by atoms with Crippen LogP contribution >= 0.6 is 22.9 Å². The zero-order valence-electron chi connectivity index (χ0n) is 13.8. The van der Waals surface area contributed by atoms with Crippen molar-refractivity contribution in [1.29, 1.82) is 0 Å². The molecular formula is C16H16ClN5O2S2. The molecule has 2 unspecified atom stereocenters. The van der Waals surface area contributed by atoms with Crippen LogP contribution in [0.4, 0.5) is 11.9 Å². The summed E-state index contributed by atoms with van der Waals surface area (Å²) in [4.78, 5) is 5.46. The molecule has 10 heteroatoms. The van der Waals surface area contributed by atoms with Crippen LogP contribution in [0.1, 0.15) is 28.9 Å². The average molecular weight is 410 g/mol. The third-order valence-corrected chi connectivity index (χ3v) is 5.89. The average Bonchev–Trinajstić information content (AvgIpc) is 3.21. The number of aromatic nitrogens is 3. The summed E-state index contributed by atoms with van der Waals surface area (Å²) in [5.74, 6) is 0.592. The third-order valence-electron chi connectivity index (χ3n) is 4.11. The van der Waals surface area contributed by atoms with Gasteiger partial charge in [-0.1, -0.05) is 29.8 Å². The van der Waals surface area contributed by atoms with Crippen molar-refractivity contribution in [3.8, 4) is 0 Å². The maximum Gasteiger partial charge on any atom is 0.257 e. The Morgan fingerprint density at radius 2 is 2.08 bits per heavy atom. The maximum absolute atomic E-state index is 11.5. The highest BCUT2D eigenvalue weighted by molar-refractivity contribution is 7.91. The van der Waals surface area contributed by atoms with E-state index in [0.717, 1.165) is 23.1 Å². The van der Waals surface area contributed by atoms with Gasteiger partial charge in [0.15, 0.2) is 0 Å². The van der Waals surface area contributed by atoms with Crippen molar-refractivity contribution in [2.75, 3.05) is 16.3 Å². The minimum atomic E-state index is -3.45. The van der Waals surface area contributed by atoms with Gasteiger partial charge in [-0.05, 0) is 35.6 Å². The van der Waals surface area contributed by atoms with Gasteiger partial charge in [-0.25, -0.2) is 13.1 Å². The van der Waals surface area contributed by atoms with Crippen LogP contribution in [-0.2, 0) is 10.0 Å². The lowest BCUT2D eigenvalue weighted by Crippen LogP contribution is -2.27. The van der Waals surface area contributed by atoms with Gasteiger partial charge < -0.3 is 5.32 Å². The number of benzene rings is 1. The van der Waals surface area contributed by atoms with E-state index in [0.29, 0.717) is 11.0 Å². The minimum absolute atomic E-state index is 0.0159. The second kappa shape index (κ2) is 6.57. The Kier molecular flexibility index (Phi) is 4.37. The summed E-state index contributed by atoms with van der Waals surface area (Å²) in [6.45, 7) is 0. The first-order chi connectivity index (χ1) is 12.4. The van der Waals surface area contributed by atoms with Gasteiger partial charge in [0.2, 0.25) is 16.0 Å². The molecule has 4 rings (SSSR count). The Bertz CT molecular complexity index is 1020.